The molecular weight excluding hydrogens is 701 g/mol. The first-order valence-electron chi connectivity index (χ1n) is 16.7. The lowest BCUT2D eigenvalue weighted by Crippen LogP contribution is -2.52. The summed E-state index contributed by atoms with van der Waals surface area (Å²) < 4.78 is 21.7. The summed E-state index contributed by atoms with van der Waals surface area (Å²) in [6.07, 6.45) is 13.8. The Bertz CT molecular complexity index is 1890. The van der Waals surface area contributed by atoms with Gasteiger partial charge in [0.05, 0.1) is 40.4 Å². The molecule has 4 aromatic rings. The lowest BCUT2D eigenvalue weighted by molar-refractivity contribution is 0.0982. The number of aryl methyl sites for hydroxylation is 1. The molecule has 11 nitrogen and oxygen atoms in total. The molecule has 258 valence electrons. The fraction of sp³-hybridized carbons (Fsp3) is 0.417. The molecule has 2 aliphatic rings. The molecule has 2 aromatic carbocycles. The Morgan fingerprint density at radius 1 is 1.04 bits per heavy atom. The van der Waals surface area contributed by atoms with Crippen molar-refractivity contribution in [3.05, 3.63) is 64.5 Å². The van der Waals surface area contributed by atoms with Crippen molar-refractivity contribution in [3.63, 3.8) is 0 Å². The van der Waals surface area contributed by atoms with Gasteiger partial charge in [0.1, 0.15) is 18.7 Å². The Kier molecular flexibility index (Phi) is 10.7. The van der Waals surface area contributed by atoms with Crippen LogP contribution in [0.15, 0.2) is 53.4 Å². The highest BCUT2D eigenvalue weighted by atomic mass is 79.9. The monoisotopic (exact) mass is 745 g/mol. The predicted octanol–water partition coefficient (Wildman–Crippen LogP) is 5.93. The normalized spacial score (nSPS) is 16.4. The molecule has 0 bridgehead atoms. The molecule has 13 heteroatoms. The van der Waals surface area contributed by atoms with Gasteiger partial charge >= 0.3 is 0 Å². The number of nitrogens with zero attached hydrogens (tertiary/aromatic N) is 7. The number of hydrogen-bond donors (Lipinski definition) is 2. The molecular formula is C36H45BrN9O2P. The summed E-state index contributed by atoms with van der Waals surface area (Å²) >= 11 is 3.59. The van der Waals surface area contributed by atoms with Crippen LogP contribution in [0.2, 0.25) is 0 Å². The van der Waals surface area contributed by atoms with Crippen molar-refractivity contribution in [2.75, 3.05) is 82.3 Å². The molecule has 0 spiro atoms. The van der Waals surface area contributed by atoms with E-state index < -0.39 is 7.14 Å². The van der Waals surface area contributed by atoms with E-state index in [9.17, 15) is 4.57 Å². The van der Waals surface area contributed by atoms with Gasteiger partial charge in [0.25, 0.3) is 0 Å². The third-order valence-corrected chi connectivity index (χ3v) is 11.6. The lowest BCUT2D eigenvalue weighted by atomic mass is 9.99. The molecule has 0 radical (unpaired) electrons. The van der Waals surface area contributed by atoms with Gasteiger partial charge in [-0.1, -0.05) is 12.8 Å². The molecule has 0 unspecified atom stereocenters. The summed E-state index contributed by atoms with van der Waals surface area (Å²) in [5.41, 5.74) is 5.38. The van der Waals surface area contributed by atoms with E-state index in [-0.39, 0.29) is 0 Å². The van der Waals surface area contributed by atoms with E-state index in [1.807, 2.05) is 18.2 Å². The standard InChI is InChI=1S/C36H45BrN9O2P/c1-7-25-22-39-46(24-25)28-9-10-30(34(20-28)49(5,6)47)40-35-29(37)23-38-36(42-35)41-31-19-26(8-2)32(21-33(31)48-4)45-13-11-27(12-14-45)44-17-15-43(3)16-18-44/h1,9-10,19-24,27H,8,11-18H2,2-6H3,(H2,38,40,41,42). The fourth-order valence-electron chi connectivity index (χ4n) is 6.63. The topological polar surface area (TPSA) is 104 Å². The van der Waals surface area contributed by atoms with Crippen molar-refractivity contribution in [2.45, 2.75) is 32.2 Å². The Morgan fingerprint density at radius 2 is 1.80 bits per heavy atom. The van der Waals surface area contributed by atoms with Crippen molar-refractivity contribution in [1.82, 2.24) is 29.5 Å². The quantitative estimate of drug-likeness (QED) is 0.150. The number of ether oxygens (including phenoxy) is 1. The Labute approximate surface area is 297 Å². The van der Waals surface area contributed by atoms with E-state index in [2.05, 4.69) is 83.4 Å². The van der Waals surface area contributed by atoms with Crippen LogP contribution < -0.4 is 25.6 Å². The minimum absolute atomic E-state index is 0.402. The number of halogens is 1. The Balaban J connectivity index is 1.21. The molecule has 6 rings (SSSR count). The van der Waals surface area contributed by atoms with Crippen LogP contribution in [0, 0.1) is 12.3 Å². The maximum Gasteiger partial charge on any atom is 0.229 e. The maximum absolute atomic E-state index is 13.5. The Morgan fingerprint density at radius 3 is 2.45 bits per heavy atom. The zero-order chi connectivity index (χ0) is 34.7. The van der Waals surface area contributed by atoms with Gasteiger partial charge in [0.2, 0.25) is 5.95 Å². The first-order valence-corrected chi connectivity index (χ1v) is 20.1. The summed E-state index contributed by atoms with van der Waals surface area (Å²) in [7, 11) is 1.19. The number of nitrogens with one attached hydrogen (secondary N) is 2. The van der Waals surface area contributed by atoms with Gasteiger partial charge in [-0.15, -0.1) is 6.42 Å². The van der Waals surface area contributed by atoms with E-state index in [4.69, 9.17) is 16.1 Å². The average molecular weight is 747 g/mol. The number of terminal acetylenes is 1. The molecule has 0 atom stereocenters. The summed E-state index contributed by atoms with van der Waals surface area (Å²) in [5.74, 6) is 4.26. The summed E-state index contributed by atoms with van der Waals surface area (Å²) in [4.78, 5) is 17.0. The zero-order valence-corrected chi connectivity index (χ0v) is 31.4. The average Bonchev–Trinajstić information content (AvgIpc) is 3.59. The summed E-state index contributed by atoms with van der Waals surface area (Å²) in [6, 6.07) is 10.6. The maximum atomic E-state index is 13.5. The van der Waals surface area contributed by atoms with Crippen LogP contribution >= 0.6 is 23.1 Å². The molecule has 2 saturated heterocycles. The van der Waals surface area contributed by atoms with Crippen LogP contribution in [0.4, 0.5) is 28.8 Å². The number of methoxy groups -OCH3 is 1. The highest BCUT2D eigenvalue weighted by Gasteiger charge is 2.28. The predicted molar refractivity (Wildman–Crippen MR) is 204 cm³/mol. The Hall–Kier alpha value is -3.88. The molecule has 0 amide bonds. The fourth-order valence-corrected chi connectivity index (χ4v) is 8.08. The molecule has 4 heterocycles. The minimum Gasteiger partial charge on any atom is -0.494 e. The number of hydrogen-bond acceptors (Lipinski definition) is 10. The second kappa shape index (κ2) is 14.9. The molecule has 2 aromatic heterocycles. The van der Waals surface area contributed by atoms with E-state index in [0.29, 0.717) is 38.8 Å². The third-order valence-electron chi connectivity index (χ3n) is 9.46. The molecule has 2 aliphatic heterocycles. The van der Waals surface area contributed by atoms with Crippen LogP contribution in [0.3, 0.4) is 0 Å². The first kappa shape index (κ1) is 35.0. The number of benzene rings is 2. The van der Waals surface area contributed by atoms with Gasteiger partial charge in [-0.2, -0.15) is 10.1 Å². The van der Waals surface area contributed by atoms with Crippen molar-refractivity contribution in [3.8, 4) is 23.8 Å². The number of rotatable bonds is 10. The van der Waals surface area contributed by atoms with Crippen molar-refractivity contribution >= 4 is 57.2 Å². The van der Waals surface area contributed by atoms with Crippen molar-refractivity contribution in [2.24, 2.45) is 0 Å². The van der Waals surface area contributed by atoms with Crippen LogP contribution in [0.5, 0.6) is 5.75 Å². The SMILES string of the molecule is C#Cc1cnn(-c2ccc(Nc3nc(Nc4cc(CC)c(N5CCC(N6CCN(C)CC6)CC5)cc4OC)ncc3Br)c(P(C)(C)=O)c2)c1. The van der Waals surface area contributed by atoms with E-state index in [1.54, 1.807) is 43.7 Å². The van der Waals surface area contributed by atoms with E-state index >= 15 is 0 Å². The van der Waals surface area contributed by atoms with Gasteiger partial charge in [0, 0.05) is 74.8 Å². The van der Waals surface area contributed by atoms with E-state index in [1.165, 1.54) is 24.1 Å². The lowest BCUT2D eigenvalue weighted by Gasteiger charge is -2.43. The molecule has 2 N–H and O–H groups in total. The first-order chi connectivity index (χ1) is 23.6. The molecule has 0 aliphatic carbocycles. The van der Waals surface area contributed by atoms with Gasteiger partial charge in [-0.25, -0.2) is 9.67 Å². The highest BCUT2D eigenvalue weighted by Crippen LogP contribution is 2.40. The number of piperidine rings is 1. The zero-order valence-electron chi connectivity index (χ0n) is 28.9. The van der Waals surface area contributed by atoms with Crippen LogP contribution in [0.1, 0.15) is 30.9 Å². The summed E-state index contributed by atoms with van der Waals surface area (Å²) in [6.45, 7) is 12.4. The smallest absolute Gasteiger partial charge is 0.229 e. The molecule has 49 heavy (non-hydrogen) atoms. The largest absolute Gasteiger partial charge is 0.494 e. The minimum atomic E-state index is -2.71. The number of aromatic nitrogens is 4. The second-order valence-electron chi connectivity index (χ2n) is 13.1. The van der Waals surface area contributed by atoms with Gasteiger partial charge in [-0.05, 0) is 85.4 Å². The van der Waals surface area contributed by atoms with E-state index in [0.717, 1.165) is 62.8 Å². The second-order valence-corrected chi connectivity index (χ2v) is 17.1. The summed E-state index contributed by atoms with van der Waals surface area (Å²) in [5, 5.41) is 11.8. The van der Waals surface area contributed by atoms with Gasteiger partial charge < -0.3 is 29.7 Å². The van der Waals surface area contributed by atoms with Crippen LogP contribution in [-0.4, -0.2) is 102 Å². The third kappa shape index (κ3) is 7.97. The number of piperazine rings is 1. The van der Waals surface area contributed by atoms with Gasteiger partial charge in [-0.3, -0.25) is 4.90 Å². The van der Waals surface area contributed by atoms with Crippen LogP contribution in [-0.2, 0) is 11.0 Å². The number of anilines is 5. The molecule has 2 fully saturated rings. The highest BCUT2D eigenvalue weighted by molar-refractivity contribution is 9.10. The molecule has 0 saturated carbocycles. The van der Waals surface area contributed by atoms with Gasteiger partial charge in [0.15, 0.2) is 0 Å². The van der Waals surface area contributed by atoms with Crippen molar-refractivity contribution in [1.29, 1.82) is 0 Å². The number of likely N-dealkylation sites (N-methyl/N-ethyl adjacent to an activating group) is 1. The van der Waals surface area contributed by atoms with Crippen LogP contribution in [0.25, 0.3) is 5.69 Å². The van der Waals surface area contributed by atoms with Crippen molar-refractivity contribution < 1.29 is 9.30 Å².